The van der Waals surface area contributed by atoms with E-state index in [0.29, 0.717) is 24.8 Å². The van der Waals surface area contributed by atoms with E-state index in [1.807, 2.05) is 13.8 Å². The lowest BCUT2D eigenvalue weighted by Crippen LogP contribution is -2.50. The number of aliphatic hydroxyl groups is 1. The lowest BCUT2D eigenvalue weighted by molar-refractivity contribution is -0.129. The van der Waals surface area contributed by atoms with Crippen molar-refractivity contribution in [3.05, 3.63) is 40.4 Å². The molecule has 2 N–H and O–H groups in total. The molecule has 0 unspecified atom stereocenters. The Labute approximate surface area is 161 Å². The first-order valence-electron chi connectivity index (χ1n) is 8.84. The first-order valence-corrected chi connectivity index (χ1v) is 9.21. The van der Waals surface area contributed by atoms with E-state index >= 15 is 0 Å². The summed E-state index contributed by atoms with van der Waals surface area (Å²) in [5, 5.41) is 17.1. The molecule has 0 saturated carbocycles. The zero-order valence-electron chi connectivity index (χ0n) is 15.2. The summed E-state index contributed by atoms with van der Waals surface area (Å²) in [6.07, 6.45) is -0.414. The molecule has 1 amide bonds. The van der Waals surface area contributed by atoms with Crippen molar-refractivity contribution in [2.45, 2.75) is 38.8 Å². The number of amides is 1. The number of hydrogen-bond acceptors (Lipinski definition) is 6. The third kappa shape index (κ3) is 4.39. The highest BCUT2D eigenvalue weighted by molar-refractivity contribution is 6.31. The minimum atomic E-state index is -0.801. The van der Waals surface area contributed by atoms with Gasteiger partial charge in [0.05, 0.1) is 12.0 Å². The van der Waals surface area contributed by atoms with Crippen LogP contribution in [0.3, 0.4) is 0 Å². The molecule has 0 spiro atoms. The Balaban J connectivity index is 1.66. The van der Waals surface area contributed by atoms with Gasteiger partial charge in [0.2, 0.25) is 5.91 Å². The van der Waals surface area contributed by atoms with Gasteiger partial charge in [0.25, 0.3) is 0 Å². The fourth-order valence-corrected chi connectivity index (χ4v) is 3.20. The van der Waals surface area contributed by atoms with Gasteiger partial charge in [-0.1, -0.05) is 36.7 Å². The second-order valence-electron chi connectivity index (χ2n) is 6.92. The number of carbonyl (C=O) groups excluding carboxylic acids is 1. The summed E-state index contributed by atoms with van der Waals surface area (Å²) in [4.78, 5) is 18.7. The Bertz CT molecular complexity index is 793. The minimum Gasteiger partial charge on any atom is -0.392 e. The summed E-state index contributed by atoms with van der Waals surface area (Å²) < 4.78 is 19.1. The molecule has 27 heavy (non-hydrogen) atoms. The normalized spacial score (nSPS) is 20.1. The van der Waals surface area contributed by atoms with Gasteiger partial charge in [-0.25, -0.2) is 4.39 Å². The second kappa shape index (κ2) is 8.22. The highest BCUT2D eigenvalue weighted by Crippen LogP contribution is 2.24. The maximum atomic E-state index is 13.8. The molecule has 1 saturated heterocycles. The van der Waals surface area contributed by atoms with Crippen molar-refractivity contribution >= 4 is 23.5 Å². The molecule has 2 heterocycles. The molecule has 1 aromatic carbocycles. The van der Waals surface area contributed by atoms with Crippen LogP contribution in [0, 0.1) is 11.7 Å². The van der Waals surface area contributed by atoms with Gasteiger partial charge in [-0.05, 0) is 18.6 Å². The Morgan fingerprint density at radius 1 is 1.52 bits per heavy atom. The maximum absolute atomic E-state index is 13.8. The van der Waals surface area contributed by atoms with Crippen LogP contribution in [-0.4, -0.2) is 40.3 Å². The van der Waals surface area contributed by atoms with E-state index in [1.54, 1.807) is 11.0 Å². The average molecular weight is 397 g/mol. The number of hydrogen-bond donors (Lipinski definition) is 2. The molecular formula is C18H22ClFN4O3. The summed E-state index contributed by atoms with van der Waals surface area (Å²) in [7, 11) is 0. The first-order chi connectivity index (χ1) is 12.9. The fraction of sp³-hybridized carbons (Fsp3) is 0.500. The number of halogens is 2. The van der Waals surface area contributed by atoms with E-state index in [-0.39, 0.29) is 35.5 Å². The smallest absolute Gasteiger partial charge is 0.324 e. The van der Waals surface area contributed by atoms with Crippen LogP contribution in [0.25, 0.3) is 0 Å². The highest BCUT2D eigenvalue weighted by Gasteiger charge is 2.35. The molecular weight excluding hydrogens is 375 g/mol. The molecule has 0 radical (unpaired) electrons. The minimum absolute atomic E-state index is 0.0500. The van der Waals surface area contributed by atoms with Gasteiger partial charge in [0.15, 0.2) is 5.82 Å². The first kappa shape index (κ1) is 19.6. The van der Waals surface area contributed by atoms with Gasteiger partial charge in [0, 0.05) is 36.1 Å². The van der Waals surface area contributed by atoms with Crippen molar-refractivity contribution in [1.82, 2.24) is 15.5 Å². The average Bonchev–Trinajstić information content (AvgIpc) is 3.12. The van der Waals surface area contributed by atoms with Crippen molar-refractivity contribution in [1.29, 1.82) is 0 Å². The molecule has 2 aromatic rings. The summed E-state index contributed by atoms with van der Waals surface area (Å²) >= 11 is 5.98. The molecule has 1 aliphatic rings. The molecule has 1 aliphatic heterocycles. The standard InChI is InChI=1S/C18H22ClFN4O3/c1-10(2)16-22-18(27-23-16)24-7-6-15(25)12(9-24)17(26)21-8-11-13(19)4-3-5-14(11)20/h3-5,10,12,15,25H,6-9H2,1-2H3,(H,21,26)/t12-,15+/m0/s1. The van der Waals surface area contributed by atoms with Crippen LogP contribution >= 0.6 is 11.6 Å². The Hall–Kier alpha value is -2.19. The van der Waals surface area contributed by atoms with E-state index in [0.717, 1.165) is 0 Å². The topological polar surface area (TPSA) is 91.5 Å². The number of aliphatic hydroxyl groups excluding tert-OH is 1. The Morgan fingerprint density at radius 3 is 2.96 bits per heavy atom. The Kier molecular flexibility index (Phi) is 5.96. The van der Waals surface area contributed by atoms with Crippen molar-refractivity contribution in [2.24, 2.45) is 5.92 Å². The van der Waals surface area contributed by atoms with Crippen LogP contribution in [-0.2, 0) is 11.3 Å². The monoisotopic (exact) mass is 396 g/mol. The summed E-state index contributed by atoms with van der Waals surface area (Å²) in [6, 6.07) is 4.68. The van der Waals surface area contributed by atoms with Crippen molar-refractivity contribution in [3.8, 4) is 0 Å². The van der Waals surface area contributed by atoms with Crippen LogP contribution in [0.15, 0.2) is 22.7 Å². The van der Waals surface area contributed by atoms with E-state index in [4.69, 9.17) is 16.1 Å². The van der Waals surface area contributed by atoms with E-state index in [1.165, 1.54) is 12.1 Å². The summed E-state index contributed by atoms with van der Waals surface area (Å²) in [5.74, 6) is -0.844. The zero-order valence-corrected chi connectivity index (χ0v) is 15.9. The highest BCUT2D eigenvalue weighted by atomic mass is 35.5. The largest absolute Gasteiger partial charge is 0.392 e. The SMILES string of the molecule is CC(C)c1noc(N2CC[C@@H](O)[C@@H](C(=O)NCc3c(F)cccc3Cl)C2)n1. The van der Waals surface area contributed by atoms with E-state index in [2.05, 4.69) is 15.5 Å². The number of nitrogens with one attached hydrogen (secondary N) is 1. The number of aromatic nitrogens is 2. The molecule has 1 aromatic heterocycles. The van der Waals surface area contributed by atoms with Gasteiger partial charge < -0.3 is 19.8 Å². The predicted octanol–water partition coefficient (Wildman–Crippen LogP) is 2.49. The molecule has 0 aliphatic carbocycles. The van der Waals surface area contributed by atoms with Gasteiger partial charge in [-0.3, -0.25) is 4.79 Å². The predicted molar refractivity (Wildman–Crippen MR) is 98.0 cm³/mol. The van der Waals surface area contributed by atoms with E-state index < -0.39 is 17.8 Å². The lowest BCUT2D eigenvalue weighted by atomic mass is 9.94. The van der Waals surface area contributed by atoms with Crippen LogP contribution in [0.4, 0.5) is 10.4 Å². The molecule has 146 valence electrons. The van der Waals surface area contributed by atoms with Crippen molar-refractivity contribution in [3.63, 3.8) is 0 Å². The molecule has 9 heteroatoms. The van der Waals surface area contributed by atoms with Crippen LogP contribution in [0.1, 0.15) is 37.6 Å². The zero-order chi connectivity index (χ0) is 19.6. The maximum Gasteiger partial charge on any atom is 0.324 e. The fourth-order valence-electron chi connectivity index (χ4n) is 2.97. The van der Waals surface area contributed by atoms with Crippen LogP contribution < -0.4 is 10.2 Å². The van der Waals surface area contributed by atoms with Gasteiger partial charge >= 0.3 is 6.01 Å². The number of piperidine rings is 1. The van der Waals surface area contributed by atoms with Gasteiger partial charge in [-0.15, -0.1) is 0 Å². The number of rotatable bonds is 5. The lowest BCUT2D eigenvalue weighted by Gasteiger charge is -2.34. The molecule has 3 rings (SSSR count). The number of carbonyl (C=O) groups is 1. The summed E-state index contributed by atoms with van der Waals surface area (Å²) in [5.41, 5.74) is 0.216. The number of benzene rings is 1. The van der Waals surface area contributed by atoms with Gasteiger partial charge in [-0.2, -0.15) is 4.98 Å². The van der Waals surface area contributed by atoms with E-state index in [9.17, 15) is 14.3 Å². The Morgan fingerprint density at radius 2 is 2.30 bits per heavy atom. The van der Waals surface area contributed by atoms with Crippen LogP contribution in [0.5, 0.6) is 0 Å². The number of nitrogens with zero attached hydrogens (tertiary/aromatic N) is 3. The number of anilines is 1. The molecule has 2 atom stereocenters. The van der Waals surface area contributed by atoms with Crippen molar-refractivity contribution in [2.75, 3.05) is 18.0 Å². The van der Waals surface area contributed by atoms with Gasteiger partial charge in [0.1, 0.15) is 5.82 Å². The third-order valence-corrected chi connectivity index (χ3v) is 4.99. The third-order valence-electron chi connectivity index (χ3n) is 4.63. The molecule has 7 nitrogen and oxygen atoms in total. The molecule has 0 bridgehead atoms. The second-order valence-corrected chi connectivity index (χ2v) is 7.32. The quantitative estimate of drug-likeness (QED) is 0.806. The summed E-state index contributed by atoms with van der Waals surface area (Å²) in [6.45, 7) is 4.60. The van der Waals surface area contributed by atoms with Crippen molar-refractivity contribution < 1.29 is 18.8 Å². The molecule has 1 fully saturated rings. The van der Waals surface area contributed by atoms with Crippen LogP contribution in [0.2, 0.25) is 5.02 Å².